The van der Waals surface area contributed by atoms with E-state index in [1.54, 1.807) is 0 Å². The maximum atomic E-state index is 9.27. The lowest BCUT2D eigenvalue weighted by molar-refractivity contribution is 0.113. The molecule has 18 heavy (non-hydrogen) atoms. The van der Waals surface area contributed by atoms with Gasteiger partial charge in [0.1, 0.15) is 0 Å². The van der Waals surface area contributed by atoms with Crippen LogP contribution in [0.3, 0.4) is 0 Å². The number of nitrogens with zero attached hydrogens (tertiary/aromatic N) is 1. The fraction of sp³-hybridized carbons (Fsp3) is 0.615. The second-order valence-electron chi connectivity index (χ2n) is 4.08. The Hall–Kier alpha value is -0.620. The third-order valence-electron chi connectivity index (χ3n) is 2.63. The summed E-state index contributed by atoms with van der Waals surface area (Å²) in [5.41, 5.74) is 1.05. The molecule has 1 aromatic rings. The Morgan fingerprint density at radius 3 is 2.67 bits per heavy atom. The van der Waals surface area contributed by atoms with Gasteiger partial charge in [-0.25, -0.2) is 0 Å². The topological polar surface area (TPSA) is 65.4 Å². The number of aliphatic hydroxyl groups is 2. The van der Waals surface area contributed by atoms with Crippen LogP contribution in [0.4, 0.5) is 0 Å². The molecule has 0 aliphatic heterocycles. The Bertz CT molecular complexity index is 332. The van der Waals surface area contributed by atoms with Crippen molar-refractivity contribution in [1.29, 1.82) is 0 Å². The number of aliphatic hydroxyl groups excluding tert-OH is 2. The highest BCUT2D eigenvalue weighted by molar-refractivity contribution is 7.99. The molecule has 1 rings (SSSR count). The minimum atomic E-state index is -0.667. The smallest absolute Gasteiger partial charge is 0.0864 e. The summed E-state index contributed by atoms with van der Waals surface area (Å²) < 4.78 is 0. The summed E-state index contributed by atoms with van der Waals surface area (Å²) in [6.07, 6.45) is 2.17. The van der Waals surface area contributed by atoms with Crippen molar-refractivity contribution in [3.05, 3.63) is 24.0 Å². The Labute approximate surface area is 113 Å². The van der Waals surface area contributed by atoms with Gasteiger partial charge in [-0.3, -0.25) is 4.98 Å². The first-order valence-corrected chi connectivity index (χ1v) is 7.30. The molecule has 4 nitrogen and oxygen atoms in total. The van der Waals surface area contributed by atoms with Gasteiger partial charge in [0.15, 0.2) is 0 Å². The third-order valence-corrected chi connectivity index (χ3v) is 3.75. The van der Waals surface area contributed by atoms with Crippen molar-refractivity contribution >= 4 is 11.8 Å². The molecule has 0 radical (unpaired) electrons. The first kappa shape index (κ1) is 15.4. The highest BCUT2D eigenvalue weighted by atomic mass is 32.2. The Morgan fingerprint density at radius 1 is 1.39 bits per heavy atom. The fourth-order valence-electron chi connectivity index (χ4n) is 1.63. The van der Waals surface area contributed by atoms with Crippen LogP contribution in [0.25, 0.3) is 0 Å². The SMILES string of the molecule is CCNC(CC)c1ccc(SCC(O)CO)cn1. The largest absolute Gasteiger partial charge is 0.394 e. The van der Waals surface area contributed by atoms with Crippen molar-refractivity contribution in [3.8, 4) is 0 Å². The summed E-state index contributed by atoms with van der Waals surface area (Å²) in [6.45, 7) is 4.95. The summed E-state index contributed by atoms with van der Waals surface area (Å²) >= 11 is 1.50. The second kappa shape index (κ2) is 8.48. The van der Waals surface area contributed by atoms with E-state index in [2.05, 4.69) is 24.1 Å². The molecule has 102 valence electrons. The predicted molar refractivity (Wildman–Crippen MR) is 74.8 cm³/mol. The van der Waals surface area contributed by atoms with Crippen LogP contribution >= 0.6 is 11.8 Å². The van der Waals surface area contributed by atoms with E-state index in [1.165, 1.54) is 11.8 Å². The van der Waals surface area contributed by atoms with Crippen LogP contribution in [0.1, 0.15) is 32.0 Å². The lowest BCUT2D eigenvalue weighted by Crippen LogP contribution is -2.21. The van der Waals surface area contributed by atoms with Crippen LogP contribution in [0, 0.1) is 0 Å². The fourth-order valence-corrected chi connectivity index (χ4v) is 2.41. The van der Waals surface area contributed by atoms with Crippen molar-refractivity contribution in [1.82, 2.24) is 10.3 Å². The predicted octanol–water partition coefficient (Wildman–Crippen LogP) is 1.59. The van der Waals surface area contributed by atoms with E-state index in [1.807, 2.05) is 18.3 Å². The molecular formula is C13H22N2O2S. The molecule has 0 saturated carbocycles. The van der Waals surface area contributed by atoms with E-state index >= 15 is 0 Å². The van der Waals surface area contributed by atoms with Gasteiger partial charge in [-0.15, -0.1) is 11.8 Å². The van der Waals surface area contributed by atoms with Crippen LogP contribution in [0.15, 0.2) is 23.2 Å². The monoisotopic (exact) mass is 270 g/mol. The molecule has 3 N–H and O–H groups in total. The molecule has 0 saturated heterocycles. The average Bonchev–Trinajstić information content (AvgIpc) is 2.42. The van der Waals surface area contributed by atoms with Crippen LogP contribution in [0.2, 0.25) is 0 Å². The Kier molecular flexibility index (Phi) is 7.27. The van der Waals surface area contributed by atoms with E-state index in [-0.39, 0.29) is 6.61 Å². The van der Waals surface area contributed by atoms with Crippen molar-refractivity contribution in [3.63, 3.8) is 0 Å². The lowest BCUT2D eigenvalue weighted by atomic mass is 10.1. The van der Waals surface area contributed by atoms with Crippen molar-refractivity contribution in [2.24, 2.45) is 0 Å². The van der Waals surface area contributed by atoms with Gasteiger partial charge in [-0.1, -0.05) is 13.8 Å². The average molecular weight is 270 g/mol. The zero-order chi connectivity index (χ0) is 13.4. The zero-order valence-corrected chi connectivity index (χ0v) is 11.8. The van der Waals surface area contributed by atoms with Gasteiger partial charge < -0.3 is 15.5 Å². The number of hydrogen-bond donors (Lipinski definition) is 3. The maximum Gasteiger partial charge on any atom is 0.0864 e. The molecule has 0 spiro atoms. The maximum absolute atomic E-state index is 9.27. The zero-order valence-electron chi connectivity index (χ0n) is 11.0. The van der Waals surface area contributed by atoms with Gasteiger partial charge in [0.05, 0.1) is 18.4 Å². The molecule has 0 aromatic carbocycles. The molecular weight excluding hydrogens is 248 g/mol. The highest BCUT2D eigenvalue weighted by Crippen LogP contribution is 2.20. The third kappa shape index (κ3) is 4.94. The molecule has 0 bridgehead atoms. The number of pyridine rings is 1. The van der Waals surface area contributed by atoms with Crippen molar-refractivity contribution in [2.75, 3.05) is 18.9 Å². The van der Waals surface area contributed by atoms with Crippen LogP contribution < -0.4 is 5.32 Å². The van der Waals surface area contributed by atoms with Crippen LogP contribution in [0.5, 0.6) is 0 Å². The molecule has 2 atom stereocenters. The summed E-state index contributed by atoms with van der Waals surface area (Å²) in [4.78, 5) is 5.46. The van der Waals surface area contributed by atoms with Crippen molar-refractivity contribution in [2.45, 2.75) is 37.3 Å². The van der Waals surface area contributed by atoms with E-state index in [9.17, 15) is 5.11 Å². The van der Waals surface area contributed by atoms with Gasteiger partial charge in [-0.2, -0.15) is 0 Å². The molecule has 0 aliphatic carbocycles. The van der Waals surface area contributed by atoms with Crippen molar-refractivity contribution < 1.29 is 10.2 Å². The summed E-state index contributed by atoms with van der Waals surface area (Å²) in [5, 5.41) is 21.4. The van der Waals surface area contributed by atoms with Crippen LogP contribution in [-0.2, 0) is 0 Å². The molecule has 1 aromatic heterocycles. The summed E-state index contributed by atoms with van der Waals surface area (Å²) in [6, 6.07) is 4.33. The van der Waals surface area contributed by atoms with E-state index in [4.69, 9.17) is 5.11 Å². The van der Waals surface area contributed by atoms with Gasteiger partial charge in [-0.05, 0) is 25.1 Å². The first-order valence-electron chi connectivity index (χ1n) is 6.32. The summed E-state index contributed by atoms with van der Waals surface area (Å²) in [7, 11) is 0. The Morgan fingerprint density at radius 2 is 2.17 bits per heavy atom. The van der Waals surface area contributed by atoms with E-state index < -0.39 is 6.10 Å². The molecule has 0 aliphatic rings. The molecule has 2 unspecified atom stereocenters. The lowest BCUT2D eigenvalue weighted by Gasteiger charge is -2.15. The van der Waals surface area contributed by atoms with E-state index in [0.717, 1.165) is 23.6 Å². The Balaban J connectivity index is 2.56. The summed E-state index contributed by atoms with van der Waals surface area (Å²) in [5.74, 6) is 0.488. The van der Waals surface area contributed by atoms with Gasteiger partial charge >= 0.3 is 0 Å². The molecule has 1 heterocycles. The van der Waals surface area contributed by atoms with Gasteiger partial charge in [0, 0.05) is 22.9 Å². The number of aromatic nitrogens is 1. The minimum Gasteiger partial charge on any atom is -0.394 e. The second-order valence-corrected chi connectivity index (χ2v) is 5.18. The normalized spacial score (nSPS) is 14.4. The number of nitrogens with one attached hydrogen (secondary N) is 1. The number of hydrogen-bond acceptors (Lipinski definition) is 5. The minimum absolute atomic E-state index is 0.198. The van der Waals surface area contributed by atoms with Gasteiger partial charge in [0.25, 0.3) is 0 Å². The van der Waals surface area contributed by atoms with E-state index in [0.29, 0.717) is 11.8 Å². The molecule has 0 fully saturated rings. The van der Waals surface area contributed by atoms with Crippen LogP contribution in [-0.4, -0.2) is 40.2 Å². The first-order chi connectivity index (χ1) is 8.71. The highest BCUT2D eigenvalue weighted by Gasteiger charge is 2.09. The molecule has 0 amide bonds. The number of rotatable bonds is 8. The van der Waals surface area contributed by atoms with Gasteiger partial charge in [0.2, 0.25) is 0 Å². The number of thioether (sulfide) groups is 1. The quantitative estimate of drug-likeness (QED) is 0.626. The molecule has 5 heteroatoms. The standard InChI is InChI=1S/C13H22N2O2S/c1-3-12(14-4-2)13-6-5-11(7-15-13)18-9-10(17)8-16/h5-7,10,12,14,16-17H,3-4,8-9H2,1-2H3.